The minimum Gasteiger partial charge on any atom is -0.390 e. The number of benzene rings is 1. The van der Waals surface area contributed by atoms with Crippen molar-refractivity contribution in [3.8, 4) is 0 Å². The molecule has 0 bridgehead atoms. The first-order valence-corrected chi connectivity index (χ1v) is 7.89. The third kappa shape index (κ3) is 3.44. The zero-order valence-corrected chi connectivity index (χ0v) is 14.0. The van der Waals surface area contributed by atoms with E-state index in [2.05, 4.69) is 53.7 Å². The van der Waals surface area contributed by atoms with E-state index in [0.717, 1.165) is 19.3 Å². The number of rotatable bonds is 2. The van der Waals surface area contributed by atoms with Gasteiger partial charge in [0, 0.05) is 6.42 Å². The molecule has 1 fully saturated rings. The van der Waals surface area contributed by atoms with Gasteiger partial charge in [-0.15, -0.1) is 0 Å². The van der Waals surface area contributed by atoms with E-state index >= 15 is 0 Å². The smallest absolute Gasteiger partial charge is 0.0695 e. The molecule has 20 heavy (non-hydrogen) atoms. The molecule has 2 atom stereocenters. The zero-order valence-electron chi connectivity index (χ0n) is 14.0. The molecule has 1 N–H and O–H groups in total. The van der Waals surface area contributed by atoms with Gasteiger partial charge >= 0.3 is 0 Å². The standard InChI is InChI=1S/C19H30O/c1-13-7-15(3)17(16(4)8-13)11-19(20)10-14(2)9-18(5,6)12-19/h7-8,14,20H,9-12H2,1-6H3. The Morgan fingerprint density at radius 3 is 2.15 bits per heavy atom. The van der Waals surface area contributed by atoms with E-state index in [0.29, 0.717) is 5.92 Å². The van der Waals surface area contributed by atoms with E-state index in [9.17, 15) is 5.11 Å². The summed E-state index contributed by atoms with van der Waals surface area (Å²) in [6.07, 6.45) is 3.88. The molecule has 1 aliphatic rings. The Hall–Kier alpha value is -0.820. The Bertz CT molecular complexity index is 477. The minimum atomic E-state index is -0.536. The average Bonchev–Trinajstić information content (AvgIpc) is 2.19. The third-order valence-electron chi connectivity index (χ3n) is 4.78. The van der Waals surface area contributed by atoms with Gasteiger partial charge < -0.3 is 5.11 Å². The van der Waals surface area contributed by atoms with E-state index in [4.69, 9.17) is 0 Å². The van der Waals surface area contributed by atoms with Gasteiger partial charge in [0.1, 0.15) is 0 Å². The summed E-state index contributed by atoms with van der Waals surface area (Å²) in [5.41, 5.74) is 5.03. The zero-order chi connectivity index (χ0) is 15.1. The van der Waals surface area contributed by atoms with Gasteiger partial charge in [-0.3, -0.25) is 0 Å². The summed E-state index contributed by atoms with van der Waals surface area (Å²) < 4.78 is 0. The van der Waals surface area contributed by atoms with Crippen molar-refractivity contribution in [2.45, 2.75) is 72.8 Å². The second-order valence-electron chi connectivity index (χ2n) is 8.13. The summed E-state index contributed by atoms with van der Waals surface area (Å²) in [5.74, 6) is 0.606. The molecule has 1 nitrogen and oxygen atoms in total. The second-order valence-corrected chi connectivity index (χ2v) is 8.13. The first-order valence-electron chi connectivity index (χ1n) is 7.89. The SMILES string of the molecule is Cc1cc(C)c(CC2(O)CC(C)CC(C)(C)C2)c(C)c1. The van der Waals surface area contributed by atoms with Crippen molar-refractivity contribution in [3.05, 3.63) is 34.4 Å². The molecule has 2 unspecified atom stereocenters. The molecular formula is C19H30O. The van der Waals surface area contributed by atoms with Crippen molar-refractivity contribution >= 4 is 0 Å². The lowest BCUT2D eigenvalue weighted by Crippen LogP contribution is -2.44. The molecule has 0 aliphatic heterocycles. The third-order valence-corrected chi connectivity index (χ3v) is 4.78. The monoisotopic (exact) mass is 274 g/mol. The van der Waals surface area contributed by atoms with Crippen molar-refractivity contribution in [1.82, 2.24) is 0 Å². The van der Waals surface area contributed by atoms with Gasteiger partial charge in [-0.25, -0.2) is 0 Å². The van der Waals surface area contributed by atoms with Crippen LogP contribution in [0.3, 0.4) is 0 Å². The first kappa shape index (κ1) is 15.6. The second kappa shape index (κ2) is 5.18. The van der Waals surface area contributed by atoms with Crippen LogP contribution in [0.1, 0.15) is 62.3 Å². The van der Waals surface area contributed by atoms with E-state index in [1.54, 1.807) is 0 Å². The molecule has 0 heterocycles. The summed E-state index contributed by atoms with van der Waals surface area (Å²) in [6.45, 7) is 13.4. The molecular weight excluding hydrogens is 244 g/mol. The predicted octanol–water partition coefficient (Wildman–Crippen LogP) is 4.73. The van der Waals surface area contributed by atoms with Gasteiger partial charge in [-0.2, -0.15) is 0 Å². The quantitative estimate of drug-likeness (QED) is 0.826. The molecule has 1 aliphatic carbocycles. The van der Waals surface area contributed by atoms with E-state index in [-0.39, 0.29) is 5.41 Å². The molecule has 1 aromatic carbocycles. The molecule has 0 radical (unpaired) electrons. The molecule has 0 amide bonds. The van der Waals surface area contributed by atoms with Crippen LogP contribution in [0.2, 0.25) is 0 Å². The molecule has 0 aromatic heterocycles. The highest BCUT2D eigenvalue weighted by molar-refractivity contribution is 5.38. The highest BCUT2D eigenvalue weighted by Crippen LogP contribution is 2.45. The maximum atomic E-state index is 11.1. The van der Waals surface area contributed by atoms with Crippen LogP contribution in [0, 0.1) is 32.1 Å². The van der Waals surface area contributed by atoms with E-state index < -0.39 is 5.60 Å². The van der Waals surface area contributed by atoms with Gasteiger partial charge in [0.25, 0.3) is 0 Å². The van der Waals surface area contributed by atoms with Gasteiger partial charge in [0.2, 0.25) is 0 Å². The van der Waals surface area contributed by atoms with Gasteiger partial charge in [0.15, 0.2) is 0 Å². The molecule has 112 valence electrons. The topological polar surface area (TPSA) is 20.2 Å². The minimum absolute atomic E-state index is 0.249. The molecule has 0 saturated heterocycles. The highest BCUT2D eigenvalue weighted by atomic mass is 16.3. The van der Waals surface area contributed by atoms with Crippen molar-refractivity contribution < 1.29 is 5.11 Å². The summed E-state index contributed by atoms with van der Waals surface area (Å²) in [4.78, 5) is 0. The van der Waals surface area contributed by atoms with Crippen molar-refractivity contribution in [3.63, 3.8) is 0 Å². The normalized spacial score (nSPS) is 29.4. The molecule has 0 spiro atoms. The maximum absolute atomic E-state index is 11.1. The van der Waals surface area contributed by atoms with Crippen LogP contribution < -0.4 is 0 Å². The fourth-order valence-electron chi connectivity index (χ4n) is 4.65. The lowest BCUT2D eigenvalue weighted by Gasteiger charge is -2.45. The van der Waals surface area contributed by atoms with Gasteiger partial charge in [-0.1, -0.05) is 38.5 Å². The molecule has 1 saturated carbocycles. The number of hydrogen-bond acceptors (Lipinski definition) is 1. The Labute approximate surface area is 124 Å². The molecule has 1 heteroatoms. The fourth-order valence-corrected chi connectivity index (χ4v) is 4.65. The largest absolute Gasteiger partial charge is 0.390 e. The van der Waals surface area contributed by atoms with Crippen LogP contribution in [-0.4, -0.2) is 10.7 Å². The number of aryl methyl sites for hydroxylation is 3. The number of hydrogen-bond donors (Lipinski definition) is 1. The molecule has 1 aromatic rings. The van der Waals surface area contributed by atoms with Crippen molar-refractivity contribution in [2.75, 3.05) is 0 Å². The van der Waals surface area contributed by atoms with Crippen LogP contribution in [-0.2, 0) is 6.42 Å². The van der Waals surface area contributed by atoms with Crippen LogP contribution in [0.15, 0.2) is 12.1 Å². The Morgan fingerprint density at radius 1 is 1.10 bits per heavy atom. The van der Waals surface area contributed by atoms with Crippen molar-refractivity contribution in [2.24, 2.45) is 11.3 Å². The van der Waals surface area contributed by atoms with E-state index in [1.165, 1.54) is 28.7 Å². The maximum Gasteiger partial charge on any atom is 0.0695 e. The Kier molecular flexibility index (Phi) is 4.03. The predicted molar refractivity (Wildman–Crippen MR) is 86.1 cm³/mol. The first-order chi connectivity index (χ1) is 9.10. The lowest BCUT2D eigenvalue weighted by atomic mass is 9.64. The summed E-state index contributed by atoms with van der Waals surface area (Å²) >= 11 is 0. The average molecular weight is 274 g/mol. The van der Waals surface area contributed by atoms with Gasteiger partial charge in [-0.05, 0) is 68.1 Å². The van der Waals surface area contributed by atoms with E-state index in [1.807, 2.05) is 0 Å². The molecule has 2 rings (SSSR count). The van der Waals surface area contributed by atoms with Gasteiger partial charge in [0.05, 0.1) is 5.60 Å². The lowest BCUT2D eigenvalue weighted by molar-refractivity contribution is -0.0576. The fraction of sp³-hybridized carbons (Fsp3) is 0.684. The Morgan fingerprint density at radius 2 is 1.65 bits per heavy atom. The van der Waals surface area contributed by atoms with Crippen LogP contribution in [0.25, 0.3) is 0 Å². The highest BCUT2D eigenvalue weighted by Gasteiger charge is 2.41. The van der Waals surface area contributed by atoms with Crippen LogP contribution in [0.5, 0.6) is 0 Å². The summed E-state index contributed by atoms with van der Waals surface area (Å²) in [7, 11) is 0. The summed E-state index contributed by atoms with van der Waals surface area (Å²) in [5, 5.41) is 11.1. The van der Waals surface area contributed by atoms with Crippen LogP contribution >= 0.6 is 0 Å². The Balaban J connectivity index is 2.29. The van der Waals surface area contributed by atoms with Crippen LogP contribution in [0.4, 0.5) is 0 Å². The number of aliphatic hydroxyl groups is 1. The summed E-state index contributed by atoms with van der Waals surface area (Å²) in [6, 6.07) is 4.48. The van der Waals surface area contributed by atoms with Crippen molar-refractivity contribution in [1.29, 1.82) is 0 Å².